The summed E-state index contributed by atoms with van der Waals surface area (Å²) in [5, 5.41) is 0. The molecule has 0 radical (unpaired) electrons. The maximum absolute atomic E-state index is 5.91. The summed E-state index contributed by atoms with van der Waals surface area (Å²) in [4.78, 5) is 17.4. The van der Waals surface area contributed by atoms with Crippen molar-refractivity contribution in [1.29, 1.82) is 0 Å². The Kier molecular flexibility index (Phi) is 5.08. The van der Waals surface area contributed by atoms with Crippen molar-refractivity contribution in [3.8, 4) is 0 Å². The molecule has 2 unspecified atom stereocenters. The highest BCUT2D eigenvalue weighted by atomic mass is 28.4. The average Bonchev–Trinajstić information content (AvgIpc) is 2.28. The molecule has 0 bridgehead atoms. The average molecular weight is 299 g/mol. The van der Waals surface area contributed by atoms with E-state index in [1.165, 1.54) is 0 Å². The van der Waals surface area contributed by atoms with Gasteiger partial charge in [0.25, 0.3) is 0 Å². The summed E-state index contributed by atoms with van der Waals surface area (Å²) in [6, 6.07) is 0. The summed E-state index contributed by atoms with van der Waals surface area (Å²) in [7, 11) is 8.43. The van der Waals surface area contributed by atoms with E-state index < -0.39 is 29.5 Å². The van der Waals surface area contributed by atoms with E-state index in [4.69, 9.17) is 14.5 Å². The molecule has 1 fully saturated rings. The maximum Gasteiger partial charge on any atom is 0.530 e. The van der Waals surface area contributed by atoms with Crippen molar-refractivity contribution >= 4 is 29.5 Å². The molecule has 1 aliphatic heterocycles. The lowest BCUT2D eigenvalue weighted by atomic mass is 10.5. The summed E-state index contributed by atoms with van der Waals surface area (Å²) in [5.74, 6) is 0. The first kappa shape index (κ1) is 15.5. The number of quaternary nitrogens is 3. The lowest BCUT2D eigenvalue weighted by Crippen LogP contribution is -2.81. The summed E-state index contributed by atoms with van der Waals surface area (Å²) >= 11 is 0. The third-order valence-corrected chi connectivity index (χ3v) is 12.8. The van der Waals surface area contributed by atoms with Crippen LogP contribution in [-0.4, -0.2) is 83.4 Å². The molecule has 0 aromatic carbocycles. The first-order valence-electron chi connectivity index (χ1n) is 6.09. The van der Waals surface area contributed by atoms with Gasteiger partial charge < -0.3 is 0 Å². The highest BCUT2D eigenvalue weighted by Crippen LogP contribution is 2.22. The van der Waals surface area contributed by atoms with Crippen molar-refractivity contribution in [2.24, 2.45) is 0 Å². The van der Waals surface area contributed by atoms with E-state index >= 15 is 0 Å². The molecule has 2 atom stereocenters. The van der Waals surface area contributed by atoms with Crippen LogP contribution in [0.4, 0.5) is 0 Å². The van der Waals surface area contributed by atoms with Gasteiger partial charge in [-0.25, -0.2) is 26.4 Å². The monoisotopic (exact) mass is 298 g/mol. The Balaban J connectivity index is 2.99. The predicted molar refractivity (Wildman–Crippen MR) is 74.4 cm³/mol. The van der Waals surface area contributed by atoms with Gasteiger partial charge in [-0.3, -0.25) is 0 Å². The number of rotatable bonds is 5. The summed E-state index contributed by atoms with van der Waals surface area (Å²) in [6.45, 7) is 3.33. The van der Waals surface area contributed by atoms with Crippen LogP contribution in [0.1, 0.15) is 13.3 Å². The van der Waals surface area contributed by atoms with Crippen LogP contribution in [-0.2, 0) is 14.5 Å². The molecule has 1 aliphatic rings. The second-order valence-electron chi connectivity index (χ2n) is 5.35. The molecule has 0 amide bonds. The Morgan fingerprint density at radius 1 is 0.824 bits per heavy atom. The zero-order chi connectivity index (χ0) is 13.2. The van der Waals surface area contributed by atoms with Gasteiger partial charge in [0.05, 0.1) is 42.0 Å². The molecule has 0 aromatic rings. The van der Waals surface area contributed by atoms with Gasteiger partial charge in [0, 0.05) is 0 Å². The number of hydrogen-bond donors (Lipinski definition) is 0. The van der Waals surface area contributed by atoms with Gasteiger partial charge in [0.15, 0.2) is 0 Å². The smallest absolute Gasteiger partial charge is 0.236 e. The van der Waals surface area contributed by atoms with Crippen LogP contribution in [0.3, 0.4) is 0 Å². The molecular weight excluding hydrogens is 270 g/mol. The zero-order valence-corrected chi connectivity index (χ0v) is 16.3. The van der Waals surface area contributed by atoms with Crippen molar-refractivity contribution in [2.75, 3.05) is 42.0 Å². The molecule has 0 saturated carbocycles. The van der Waals surface area contributed by atoms with Gasteiger partial charge in [0.2, 0.25) is 0 Å². The standard InChI is InChI=1S/C8H28N3O3Si3/c1-7-8-11(14-6)16-9(2,12-4)15-10(3,13-5)17-11/h7-8,15-17H2,1-6H3/q+3. The Morgan fingerprint density at radius 3 is 1.59 bits per heavy atom. The Hall–Kier alpha value is 0.411. The van der Waals surface area contributed by atoms with E-state index in [0.29, 0.717) is 0 Å². The molecule has 0 spiro atoms. The molecule has 1 saturated heterocycles. The second-order valence-corrected chi connectivity index (χ2v) is 16.5. The Labute approximate surface area is 112 Å². The number of hydroxylamine groups is 3. The van der Waals surface area contributed by atoms with E-state index in [0.717, 1.165) is 24.9 Å². The molecule has 0 aromatic heterocycles. The van der Waals surface area contributed by atoms with Crippen LogP contribution in [0.15, 0.2) is 0 Å². The van der Waals surface area contributed by atoms with Crippen LogP contribution in [0.2, 0.25) is 0 Å². The minimum absolute atomic E-state index is 0.493. The molecule has 9 heteroatoms. The molecule has 0 aliphatic carbocycles. The SMILES string of the molecule is CCC[N+]1(OC)[SiH2][N+](C)(OC)[SiH2][N+](C)(OC)[SiH2]1. The van der Waals surface area contributed by atoms with Crippen LogP contribution in [0, 0.1) is 0 Å². The van der Waals surface area contributed by atoms with Crippen LogP contribution >= 0.6 is 0 Å². The second kappa shape index (κ2) is 5.59. The molecule has 102 valence electrons. The van der Waals surface area contributed by atoms with E-state index in [2.05, 4.69) is 21.0 Å². The van der Waals surface area contributed by atoms with E-state index in [9.17, 15) is 0 Å². The molecule has 0 N–H and O–H groups in total. The van der Waals surface area contributed by atoms with Crippen molar-refractivity contribution in [2.45, 2.75) is 13.3 Å². The zero-order valence-electron chi connectivity index (χ0n) is 12.1. The van der Waals surface area contributed by atoms with Gasteiger partial charge in [0.1, 0.15) is 0 Å². The molecule has 17 heavy (non-hydrogen) atoms. The fraction of sp³-hybridized carbons (Fsp3) is 1.00. The van der Waals surface area contributed by atoms with E-state index in [1.807, 2.05) is 21.3 Å². The number of nitrogens with zero attached hydrogens (tertiary/aromatic N) is 3. The van der Waals surface area contributed by atoms with Crippen LogP contribution in [0.25, 0.3) is 0 Å². The predicted octanol–water partition coefficient (Wildman–Crippen LogP) is -2.20. The van der Waals surface area contributed by atoms with Gasteiger partial charge in [-0.15, -0.1) is 0 Å². The summed E-state index contributed by atoms with van der Waals surface area (Å²) < 4.78 is 2.47. The van der Waals surface area contributed by atoms with Crippen molar-refractivity contribution in [1.82, 2.24) is 0 Å². The van der Waals surface area contributed by atoms with E-state index in [1.54, 1.807) is 0 Å². The van der Waals surface area contributed by atoms with Gasteiger partial charge in [-0.1, -0.05) is 6.92 Å². The topological polar surface area (TPSA) is 27.7 Å². The maximum atomic E-state index is 5.91. The van der Waals surface area contributed by atoms with Gasteiger partial charge in [-0.05, 0) is 6.42 Å². The minimum Gasteiger partial charge on any atom is -0.236 e. The fourth-order valence-corrected chi connectivity index (χ4v) is 18.8. The van der Waals surface area contributed by atoms with Crippen LogP contribution < -0.4 is 0 Å². The first-order chi connectivity index (χ1) is 7.86. The lowest BCUT2D eigenvalue weighted by molar-refractivity contribution is -1.11. The Morgan fingerprint density at radius 2 is 1.29 bits per heavy atom. The van der Waals surface area contributed by atoms with Crippen molar-refractivity contribution < 1.29 is 26.4 Å². The summed E-state index contributed by atoms with van der Waals surface area (Å²) in [6.07, 6.45) is 1.16. The quantitative estimate of drug-likeness (QED) is 0.539. The van der Waals surface area contributed by atoms with Crippen molar-refractivity contribution in [3.63, 3.8) is 0 Å². The number of hydrogen-bond acceptors (Lipinski definition) is 3. The van der Waals surface area contributed by atoms with Crippen LogP contribution in [0.5, 0.6) is 0 Å². The summed E-state index contributed by atoms with van der Waals surface area (Å²) in [5.41, 5.74) is 0. The third-order valence-electron chi connectivity index (χ3n) is 3.61. The van der Waals surface area contributed by atoms with Crippen molar-refractivity contribution in [3.05, 3.63) is 0 Å². The first-order valence-corrected chi connectivity index (χ1v) is 9.88. The molecule has 1 heterocycles. The highest BCUT2D eigenvalue weighted by Gasteiger charge is 2.59. The molecule has 1 rings (SSSR count). The third kappa shape index (κ3) is 3.45. The van der Waals surface area contributed by atoms with E-state index in [-0.39, 0.29) is 0 Å². The van der Waals surface area contributed by atoms with Gasteiger partial charge >= 0.3 is 29.5 Å². The highest BCUT2D eigenvalue weighted by molar-refractivity contribution is 6.46. The molecule has 6 nitrogen and oxygen atoms in total. The fourth-order valence-electron chi connectivity index (χ4n) is 2.84. The molecular formula is C8H28N3O3Si3+3. The lowest BCUT2D eigenvalue weighted by Gasteiger charge is -2.49. The normalized spacial score (nSPS) is 46.9. The largest absolute Gasteiger partial charge is 0.530 e. The minimum atomic E-state index is -0.498. The Bertz CT molecular complexity index is 256. The van der Waals surface area contributed by atoms with Gasteiger partial charge in [-0.2, -0.15) is 0 Å².